The molecule has 0 aliphatic carbocycles. The first kappa shape index (κ1) is 26.9. The molecule has 2 saturated heterocycles. The van der Waals surface area contributed by atoms with Gasteiger partial charge in [-0.05, 0) is 50.7 Å². The van der Waals surface area contributed by atoms with Crippen molar-refractivity contribution in [3.05, 3.63) is 35.4 Å². The van der Waals surface area contributed by atoms with Gasteiger partial charge in [0.2, 0.25) is 5.91 Å². The van der Waals surface area contributed by atoms with Crippen molar-refractivity contribution in [2.24, 2.45) is 4.99 Å². The third-order valence-electron chi connectivity index (χ3n) is 8.12. The minimum Gasteiger partial charge on any atom is -0.493 e. The minimum atomic E-state index is -0.437. The number of benzene rings is 2. The number of aliphatic imine (C=N–C) groups is 1. The first-order valence-corrected chi connectivity index (χ1v) is 14.1. The van der Waals surface area contributed by atoms with Crippen LogP contribution in [0.25, 0.3) is 0 Å². The number of hydrogen-bond donors (Lipinski definition) is 1. The summed E-state index contributed by atoms with van der Waals surface area (Å²) in [6.45, 7) is 2.10. The van der Waals surface area contributed by atoms with Crippen LogP contribution in [0, 0.1) is 0 Å². The molecule has 3 amide bonds. The third kappa shape index (κ3) is 5.05. The lowest BCUT2D eigenvalue weighted by Gasteiger charge is -2.20. The Balaban J connectivity index is 1.06. The summed E-state index contributed by atoms with van der Waals surface area (Å²) in [6.07, 6.45) is 6.61. The molecule has 2 aromatic carbocycles. The molecular weight excluding hydrogens is 528 g/mol. The zero-order chi connectivity index (χ0) is 28.5. The lowest BCUT2D eigenvalue weighted by molar-refractivity contribution is -0.119. The molecule has 2 aromatic rings. The molecule has 216 valence electrons. The van der Waals surface area contributed by atoms with Crippen LogP contribution in [0.4, 0.5) is 11.4 Å². The van der Waals surface area contributed by atoms with Gasteiger partial charge in [-0.15, -0.1) is 0 Å². The first-order chi connectivity index (χ1) is 20.0. The molecule has 0 radical (unpaired) electrons. The fraction of sp³-hybridized carbons (Fsp3) is 0.467. The molecule has 4 heterocycles. The molecule has 4 aliphatic heterocycles. The standard InChI is InChI=1S/C30H34N4O7/c1-38-24-13-19-21(31-17-18-7-5-9-33(18)29(19)36)15-26(24)40-11-3-4-12-41-27-16-22-20(14-25(27)39-2)30(37)34-10-6-8-23(34)28(35)32-22/h13-18,23H,3-12H2,1-2H3,(H,32,35)/t18-,23-/m0/s1. The number of carbonyl (C=O) groups excluding carboxylic acids is 3. The van der Waals surface area contributed by atoms with E-state index in [0.717, 1.165) is 25.8 Å². The number of unbranched alkanes of at least 4 members (excludes halogenated alkanes) is 1. The molecule has 11 heteroatoms. The molecule has 0 unspecified atom stereocenters. The van der Waals surface area contributed by atoms with Crippen molar-refractivity contribution in [3.8, 4) is 23.0 Å². The van der Waals surface area contributed by atoms with Crippen molar-refractivity contribution >= 4 is 35.3 Å². The summed E-state index contributed by atoms with van der Waals surface area (Å²) in [5.74, 6) is 1.54. The van der Waals surface area contributed by atoms with Gasteiger partial charge in [-0.25, -0.2) is 0 Å². The third-order valence-corrected chi connectivity index (χ3v) is 8.12. The first-order valence-electron chi connectivity index (χ1n) is 14.1. The van der Waals surface area contributed by atoms with E-state index >= 15 is 0 Å². The molecule has 2 atom stereocenters. The maximum absolute atomic E-state index is 13.1. The Labute approximate surface area is 238 Å². The van der Waals surface area contributed by atoms with Crippen LogP contribution in [-0.2, 0) is 4.79 Å². The van der Waals surface area contributed by atoms with Crippen LogP contribution in [0.5, 0.6) is 23.0 Å². The molecular formula is C30H34N4O7. The molecule has 41 heavy (non-hydrogen) atoms. The highest BCUT2D eigenvalue weighted by atomic mass is 16.5. The highest BCUT2D eigenvalue weighted by Crippen LogP contribution is 2.39. The molecule has 0 bridgehead atoms. The van der Waals surface area contributed by atoms with Gasteiger partial charge in [0.1, 0.15) is 6.04 Å². The highest BCUT2D eigenvalue weighted by Gasteiger charge is 2.39. The Morgan fingerprint density at radius 2 is 1.44 bits per heavy atom. The quantitative estimate of drug-likeness (QED) is 0.462. The van der Waals surface area contributed by atoms with E-state index in [9.17, 15) is 14.4 Å². The number of nitrogens with zero attached hydrogens (tertiary/aromatic N) is 3. The van der Waals surface area contributed by atoms with Crippen LogP contribution in [0.3, 0.4) is 0 Å². The van der Waals surface area contributed by atoms with E-state index in [1.807, 2.05) is 11.1 Å². The Hall–Kier alpha value is -4.28. The van der Waals surface area contributed by atoms with Gasteiger partial charge < -0.3 is 34.1 Å². The van der Waals surface area contributed by atoms with E-state index in [-0.39, 0.29) is 23.8 Å². The monoisotopic (exact) mass is 562 g/mol. The summed E-state index contributed by atoms with van der Waals surface area (Å²) in [6, 6.07) is 6.38. The Morgan fingerprint density at radius 3 is 2.17 bits per heavy atom. The van der Waals surface area contributed by atoms with Crippen molar-refractivity contribution in [2.45, 2.75) is 50.6 Å². The fourth-order valence-corrected chi connectivity index (χ4v) is 5.95. The normalized spacial score (nSPS) is 20.9. The molecule has 0 spiro atoms. The van der Waals surface area contributed by atoms with Crippen molar-refractivity contribution in [1.82, 2.24) is 9.80 Å². The maximum atomic E-state index is 13.1. The van der Waals surface area contributed by atoms with E-state index in [1.54, 1.807) is 36.3 Å². The topological polar surface area (TPSA) is 119 Å². The number of ether oxygens (including phenoxy) is 4. The summed E-state index contributed by atoms with van der Waals surface area (Å²) >= 11 is 0. The fourth-order valence-electron chi connectivity index (χ4n) is 5.95. The van der Waals surface area contributed by atoms with Gasteiger partial charge in [-0.1, -0.05) is 0 Å². The lowest BCUT2D eigenvalue weighted by Crippen LogP contribution is -2.40. The van der Waals surface area contributed by atoms with Crippen LogP contribution in [0.2, 0.25) is 0 Å². The summed E-state index contributed by atoms with van der Waals surface area (Å²) in [5.41, 5.74) is 1.95. The van der Waals surface area contributed by atoms with E-state index in [1.165, 1.54) is 7.11 Å². The van der Waals surface area contributed by atoms with Gasteiger partial charge in [0.05, 0.1) is 56.0 Å². The Kier molecular flexibility index (Phi) is 7.42. The lowest BCUT2D eigenvalue weighted by atomic mass is 10.1. The summed E-state index contributed by atoms with van der Waals surface area (Å²) in [4.78, 5) is 46.9. The SMILES string of the molecule is COc1cc2c(cc1OCCCCOc1cc3c(cc1OC)C(=O)N1CCC[C@H]1C(=O)N3)N=C[C@@H]1CCCN1C2=O. The average Bonchev–Trinajstić information content (AvgIpc) is 3.63. The number of carbonyl (C=O) groups is 3. The van der Waals surface area contributed by atoms with Crippen molar-refractivity contribution < 1.29 is 33.3 Å². The second-order valence-corrected chi connectivity index (χ2v) is 10.6. The van der Waals surface area contributed by atoms with Gasteiger partial charge in [-0.2, -0.15) is 0 Å². The predicted molar refractivity (Wildman–Crippen MR) is 151 cm³/mol. The maximum Gasteiger partial charge on any atom is 0.256 e. The average molecular weight is 563 g/mol. The number of methoxy groups -OCH3 is 2. The second kappa shape index (κ2) is 11.3. The number of hydrogen-bond acceptors (Lipinski definition) is 8. The molecule has 4 aliphatic rings. The van der Waals surface area contributed by atoms with Crippen LogP contribution in [0.15, 0.2) is 29.3 Å². The molecule has 2 fully saturated rings. The molecule has 0 aromatic heterocycles. The number of nitrogens with one attached hydrogen (secondary N) is 1. The smallest absolute Gasteiger partial charge is 0.256 e. The largest absolute Gasteiger partial charge is 0.493 e. The van der Waals surface area contributed by atoms with Crippen molar-refractivity contribution in [1.29, 1.82) is 0 Å². The van der Waals surface area contributed by atoms with E-state index in [2.05, 4.69) is 10.3 Å². The number of rotatable bonds is 9. The Bertz CT molecular complexity index is 1410. The van der Waals surface area contributed by atoms with E-state index < -0.39 is 6.04 Å². The van der Waals surface area contributed by atoms with Gasteiger partial charge in [0, 0.05) is 31.4 Å². The number of fused-ring (bicyclic) bond motifs is 4. The minimum absolute atomic E-state index is 0.0282. The number of anilines is 1. The summed E-state index contributed by atoms with van der Waals surface area (Å²) in [7, 11) is 3.08. The van der Waals surface area contributed by atoms with Gasteiger partial charge in [-0.3, -0.25) is 19.4 Å². The van der Waals surface area contributed by atoms with Crippen molar-refractivity contribution in [3.63, 3.8) is 0 Å². The molecule has 6 rings (SSSR count). The zero-order valence-corrected chi connectivity index (χ0v) is 23.3. The summed E-state index contributed by atoms with van der Waals surface area (Å²) < 4.78 is 23.0. The van der Waals surface area contributed by atoms with Crippen LogP contribution in [-0.4, -0.2) is 86.3 Å². The number of amides is 3. The van der Waals surface area contributed by atoms with E-state index in [0.29, 0.717) is 84.5 Å². The van der Waals surface area contributed by atoms with Crippen LogP contribution in [0.1, 0.15) is 59.2 Å². The molecule has 11 nitrogen and oxygen atoms in total. The molecule has 0 saturated carbocycles. The predicted octanol–water partition coefficient (Wildman–Crippen LogP) is 3.82. The van der Waals surface area contributed by atoms with Gasteiger partial charge in [0.25, 0.3) is 11.8 Å². The van der Waals surface area contributed by atoms with Gasteiger partial charge in [0.15, 0.2) is 23.0 Å². The second-order valence-electron chi connectivity index (χ2n) is 10.6. The van der Waals surface area contributed by atoms with Crippen molar-refractivity contribution in [2.75, 3.05) is 45.8 Å². The van der Waals surface area contributed by atoms with Crippen LogP contribution < -0.4 is 24.3 Å². The zero-order valence-electron chi connectivity index (χ0n) is 23.3. The summed E-state index contributed by atoms with van der Waals surface area (Å²) in [5, 5.41) is 2.89. The van der Waals surface area contributed by atoms with E-state index in [4.69, 9.17) is 18.9 Å². The highest BCUT2D eigenvalue weighted by molar-refractivity contribution is 6.10. The van der Waals surface area contributed by atoms with Gasteiger partial charge >= 0.3 is 0 Å². The van der Waals surface area contributed by atoms with Crippen LogP contribution >= 0.6 is 0 Å². The molecule has 1 N–H and O–H groups in total. The Morgan fingerprint density at radius 1 is 0.805 bits per heavy atom.